The lowest BCUT2D eigenvalue weighted by molar-refractivity contribution is 0.198. The molecule has 0 bridgehead atoms. The minimum Gasteiger partial charge on any atom is -0.330 e. The molecule has 0 atom stereocenters. The zero-order chi connectivity index (χ0) is 6.78. The molecule has 0 amide bonds. The maximum absolute atomic E-state index is 8.55. The van der Waals surface area contributed by atoms with E-state index in [1.807, 2.05) is 0 Å². The average Bonchev–Trinajstić information content (AvgIpc) is 1.21. The van der Waals surface area contributed by atoms with E-state index in [1.165, 1.54) is 0 Å². The largest absolute Gasteiger partial charge is 0.330 e. The van der Waals surface area contributed by atoms with Crippen LogP contribution in [0.15, 0.2) is 0 Å². The number of hydrogen-bond donors (Lipinski definition) is 2. The first kappa shape index (κ1) is 8.61. The quantitative estimate of drug-likeness (QED) is 0.591. The van der Waals surface area contributed by atoms with E-state index >= 15 is 0 Å². The Hall–Kier alpha value is 0.610. The molecule has 2 N–H and O–H groups in total. The van der Waals surface area contributed by atoms with Crippen LogP contribution in [0, 0.1) is 0 Å². The summed E-state index contributed by atoms with van der Waals surface area (Å²) in [5.41, 5.74) is 0. The van der Waals surface area contributed by atoms with Crippen LogP contribution in [0.2, 0.25) is 0 Å². The molecule has 0 unspecified atom stereocenters. The summed E-state index contributed by atoms with van der Waals surface area (Å²) in [7, 11) is -0.539. The molecule has 0 fully saturated rings. The molecule has 0 aromatic carbocycles. The molecular formula is C3H10O3P2. The molecule has 0 aromatic rings. The van der Waals surface area contributed by atoms with Crippen LogP contribution in [0.1, 0.15) is 13.8 Å². The van der Waals surface area contributed by atoms with E-state index in [1.54, 1.807) is 13.8 Å². The highest BCUT2D eigenvalue weighted by Gasteiger charge is 2.06. The molecule has 0 aliphatic carbocycles. The van der Waals surface area contributed by atoms with Crippen molar-refractivity contribution in [3.05, 3.63) is 0 Å². The van der Waals surface area contributed by atoms with E-state index < -0.39 is 7.23 Å². The third kappa shape index (κ3) is 6.61. The van der Waals surface area contributed by atoms with Gasteiger partial charge in [-0.1, -0.05) is 0 Å². The van der Waals surface area contributed by atoms with Crippen molar-refractivity contribution in [2.75, 3.05) is 0 Å². The lowest BCUT2D eigenvalue weighted by atomic mass is 10.5. The fraction of sp³-hybridized carbons (Fsp3) is 1.00. The Morgan fingerprint density at radius 1 is 1.50 bits per heavy atom. The van der Waals surface area contributed by atoms with Crippen LogP contribution in [-0.2, 0) is 4.52 Å². The summed E-state index contributed by atoms with van der Waals surface area (Å²) in [4.78, 5) is 17.1. The van der Waals surface area contributed by atoms with Gasteiger partial charge in [-0.3, -0.25) is 0 Å². The van der Waals surface area contributed by atoms with Gasteiger partial charge in [0.2, 0.25) is 0 Å². The summed E-state index contributed by atoms with van der Waals surface area (Å²) in [6, 6.07) is 0. The lowest BCUT2D eigenvalue weighted by Gasteiger charge is -2.11. The average molecular weight is 156 g/mol. The Bertz CT molecular complexity index is 105. The monoisotopic (exact) mass is 156 g/mol. The second-order valence-electron chi connectivity index (χ2n) is 1.70. The Balaban J connectivity index is 3.56. The van der Waals surface area contributed by atoms with Gasteiger partial charge in [-0.25, -0.2) is 0 Å². The van der Waals surface area contributed by atoms with Crippen LogP contribution in [0.25, 0.3) is 0 Å². The molecule has 0 aliphatic rings. The van der Waals surface area contributed by atoms with E-state index in [4.69, 9.17) is 9.79 Å². The van der Waals surface area contributed by atoms with Gasteiger partial charge in [-0.15, -0.1) is 0 Å². The van der Waals surface area contributed by atoms with Gasteiger partial charge in [-0.2, -0.15) is 0 Å². The van der Waals surface area contributed by atoms with Crippen molar-refractivity contribution in [3.63, 3.8) is 0 Å². The number of rotatable bonds is 2. The summed E-state index contributed by atoms with van der Waals surface area (Å²) >= 11 is 0. The van der Waals surface area contributed by atoms with Gasteiger partial charge in [-0.05, 0) is 22.4 Å². The summed E-state index contributed by atoms with van der Waals surface area (Å²) in [6.07, 6.45) is -0.157. The predicted octanol–water partition coefficient (Wildman–Crippen LogP) is 1.22. The van der Waals surface area contributed by atoms with Gasteiger partial charge in [0, 0.05) is 0 Å². The topological polar surface area (TPSA) is 49.7 Å². The standard InChI is InChI=1S/C3H10O3P2/c1-3(2)6-8(4,5)7/h3-5,7H,1-2H3. The van der Waals surface area contributed by atoms with Crippen molar-refractivity contribution >= 4 is 15.8 Å². The summed E-state index contributed by atoms with van der Waals surface area (Å²) in [5, 5.41) is 0. The fourth-order valence-electron chi connectivity index (χ4n) is 0.294. The molecule has 0 saturated carbocycles. The van der Waals surface area contributed by atoms with Gasteiger partial charge in [0.05, 0.1) is 6.10 Å². The Kier molecular flexibility index (Phi) is 3.18. The highest BCUT2D eigenvalue weighted by Crippen LogP contribution is 2.43. The minimum atomic E-state index is -3.17. The molecular weight excluding hydrogens is 146 g/mol. The summed E-state index contributed by atoms with van der Waals surface area (Å²) in [6.45, 7) is 3.45. The van der Waals surface area contributed by atoms with Crippen molar-refractivity contribution in [2.24, 2.45) is 0 Å². The van der Waals surface area contributed by atoms with Crippen molar-refractivity contribution in [2.45, 2.75) is 20.0 Å². The highest BCUT2D eigenvalue weighted by molar-refractivity contribution is 7.88. The minimum absolute atomic E-state index is 0.157. The molecule has 50 valence electrons. The maximum atomic E-state index is 8.55. The van der Waals surface area contributed by atoms with Gasteiger partial charge in [0.1, 0.15) is 0 Å². The predicted molar refractivity (Wildman–Crippen MR) is 35.9 cm³/mol. The molecule has 0 aromatic heterocycles. The van der Waals surface area contributed by atoms with Crippen molar-refractivity contribution in [3.8, 4) is 0 Å². The molecule has 0 radical (unpaired) electrons. The van der Waals surface area contributed by atoms with E-state index in [0.29, 0.717) is 0 Å². The van der Waals surface area contributed by atoms with E-state index in [0.717, 1.165) is 0 Å². The van der Waals surface area contributed by atoms with E-state index in [-0.39, 0.29) is 6.10 Å². The third-order valence-corrected chi connectivity index (χ3v) is 1.39. The van der Waals surface area contributed by atoms with Gasteiger partial charge in [0.25, 0.3) is 7.23 Å². The molecule has 0 saturated heterocycles. The van der Waals surface area contributed by atoms with Gasteiger partial charge < -0.3 is 14.3 Å². The molecule has 3 nitrogen and oxygen atoms in total. The molecule has 0 aliphatic heterocycles. The second kappa shape index (κ2) is 2.95. The first-order chi connectivity index (χ1) is 3.42. The smallest absolute Gasteiger partial charge is 0.271 e. The molecule has 0 heterocycles. The fourth-order valence-corrected chi connectivity index (χ4v) is 1.51. The van der Waals surface area contributed by atoms with E-state index in [2.05, 4.69) is 13.1 Å². The lowest BCUT2D eigenvalue weighted by Crippen LogP contribution is -1.97. The van der Waals surface area contributed by atoms with E-state index in [9.17, 15) is 0 Å². The first-order valence-corrected chi connectivity index (χ1v) is 5.15. The van der Waals surface area contributed by atoms with Gasteiger partial charge >= 0.3 is 0 Å². The van der Waals surface area contributed by atoms with Crippen LogP contribution in [0.4, 0.5) is 0 Å². The molecule has 0 rings (SSSR count). The molecule has 0 spiro atoms. The molecule has 5 heteroatoms. The number of hydrogen-bond acceptors (Lipinski definition) is 1. The van der Waals surface area contributed by atoms with Crippen LogP contribution < -0.4 is 0 Å². The summed E-state index contributed by atoms with van der Waals surface area (Å²) in [5.74, 6) is 0. The zero-order valence-corrected chi connectivity index (χ0v) is 6.72. The van der Waals surface area contributed by atoms with Crippen LogP contribution in [0.3, 0.4) is 0 Å². The normalized spacial score (nSPS) is 12.6. The van der Waals surface area contributed by atoms with Crippen molar-refractivity contribution < 1.29 is 14.3 Å². The van der Waals surface area contributed by atoms with Gasteiger partial charge in [0.15, 0.2) is 0 Å². The molecule has 8 heavy (non-hydrogen) atoms. The Morgan fingerprint density at radius 2 is 1.88 bits per heavy atom. The highest BCUT2D eigenvalue weighted by atomic mass is 31.8. The SMILES string of the molecule is CC(C)OP(O)(O)=P. The third-order valence-electron chi connectivity index (χ3n) is 0.358. The second-order valence-corrected chi connectivity index (χ2v) is 4.74. The van der Waals surface area contributed by atoms with Crippen LogP contribution in [-0.4, -0.2) is 15.9 Å². The van der Waals surface area contributed by atoms with Crippen LogP contribution in [0.5, 0.6) is 0 Å². The van der Waals surface area contributed by atoms with Crippen molar-refractivity contribution in [1.82, 2.24) is 0 Å². The maximum Gasteiger partial charge on any atom is 0.271 e. The Morgan fingerprint density at radius 3 is 1.88 bits per heavy atom. The first-order valence-electron chi connectivity index (χ1n) is 2.20. The summed E-state index contributed by atoms with van der Waals surface area (Å²) < 4.78 is 4.57. The Labute approximate surface area is 50.9 Å². The zero-order valence-electron chi connectivity index (χ0n) is 4.83. The van der Waals surface area contributed by atoms with Crippen molar-refractivity contribution in [1.29, 1.82) is 0 Å². The van der Waals surface area contributed by atoms with Crippen LogP contribution >= 0.6 is 15.8 Å².